The van der Waals surface area contributed by atoms with Gasteiger partial charge in [0.15, 0.2) is 17.1 Å². The molecule has 0 radical (unpaired) electrons. The highest BCUT2D eigenvalue weighted by Gasteiger charge is 2.17. The summed E-state index contributed by atoms with van der Waals surface area (Å²) < 4.78 is 8.93. The van der Waals surface area contributed by atoms with Crippen molar-refractivity contribution in [3.63, 3.8) is 0 Å². The van der Waals surface area contributed by atoms with Crippen LogP contribution in [0.4, 0.5) is 5.95 Å². The van der Waals surface area contributed by atoms with Crippen LogP contribution < -0.4 is 9.64 Å². The summed E-state index contributed by atoms with van der Waals surface area (Å²) in [6.07, 6.45) is 2.37. The third kappa shape index (κ3) is 2.75. The van der Waals surface area contributed by atoms with E-state index in [2.05, 4.69) is 36.9 Å². The van der Waals surface area contributed by atoms with E-state index in [0.29, 0.717) is 17.3 Å². The first-order valence-corrected chi connectivity index (χ1v) is 8.66. The van der Waals surface area contributed by atoms with Gasteiger partial charge < -0.3 is 9.64 Å². The maximum absolute atomic E-state index is 5.44. The Hall–Kier alpha value is -3.08. The maximum atomic E-state index is 5.44. The van der Waals surface area contributed by atoms with Gasteiger partial charge in [0.2, 0.25) is 11.8 Å². The topological polar surface area (TPSA) is 73.4 Å². The second-order valence-electron chi connectivity index (χ2n) is 6.42. The van der Waals surface area contributed by atoms with Crippen LogP contribution in [0.2, 0.25) is 0 Å². The maximum Gasteiger partial charge on any atom is 0.245 e. The monoisotopic (exact) mass is 351 g/mol. The lowest BCUT2D eigenvalue weighted by molar-refractivity contribution is 0.410. The first-order valence-electron chi connectivity index (χ1n) is 8.66. The number of methoxy groups -OCH3 is 1. The fourth-order valence-electron chi connectivity index (χ4n) is 3.07. The zero-order chi connectivity index (χ0) is 18.3. The molecule has 0 unspecified atom stereocenters. The van der Waals surface area contributed by atoms with E-state index >= 15 is 0 Å². The highest BCUT2D eigenvalue weighted by molar-refractivity contribution is 5.52. The van der Waals surface area contributed by atoms with Gasteiger partial charge in [0.05, 0.1) is 18.5 Å². The van der Waals surface area contributed by atoms with E-state index in [0.717, 1.165) is 36.1 Å². The molecular formula is C18H21N7O. The number of anilines is 1. The zero-order valence-corrected chi connectivity index (χ0v) is 15.4. The normalized spacial score (nSPS) is 13.9. The van der Waals surface area contributed by atoms with E-state index in [1.54, 1.807) is 16.3 Å². The smallest absolute Gasteiger partial charge is 0.245 e. The summed E-state index contributed by atoms with van der Waals surface area (Å²) >= 11 is 0. The van der Waals surface area contributed by atoms with Crippen LogP contribution in [-0.2, 0) is 7.05 Å². The largest absolute Gasteiger partial charge is 0.494 e. The number of imidazole rings is 1. The van der Waals surface area contributed by atoms with E-state index in [4.69, 9.17) is 4.74 Å². The molecule has 1 aliphatic heterocycles. The van der Waals surface area contributed by atoms with Crippen LogP contribution in [0.15, 0.2) is 6.07 Å². The van der Waals surface area contributed by atoms with Gasteiger partial charge in [0.25, 0.3) is 0 Å². The summed E-state index contributed by atoms with van der Waals surface area (Å²) in [7, 11) is 3.46. The second-order valence-corrected chi connectivity index (χ2v) is 6.42. The minimum Gasteiger partial charge on any atom is -0.494 e. The first kappa shape index (κ1) is 16.4. The predicted molar refractivity (Wildman–Crippen MR) is 97.4 cm³/mol. The molecule has 26 heavy (non-hydrogen) atoms. The highest BCUT2D eigenvalue weighted by Crippen LogP contribution is 2.20. The lowest BCUT2D eigenvalue weighted by Gasteiger charge is -2.10. The average molecular weight is 351 g/mol. The predicted octanol–water partition coefficient (Wildman–Crippen LogP) is 1.48. The Balaban J connectivity index is 1.72. The molecule has 4 rings (SSSR count). The number of fused-ring (bicyclic) bond motifs is 1. The van der Waals surface area contributed by atoms with Gasteiger partial charge in [-0.1, -0.05) is 0 Å². The molecule has 0 spiro atoms. The summed E-state index contributed by atoms with van der Waals surface area (Å²) in [6.45, 7) is 5.95. The van der Waals surface area contributed by atoms with Crippen molar-refractivity contribution < 1.29 is 4.74 Å². The molecule has 1 saturated heterocycles. The molecule has 0 saturated carbocycles. The number of nitrogens with zero attached hydrogens (tertiary/aromatic N) is 7. The van der Waals surface area contributed by atoms with Crippen molar-refractivity contribution in [3.05, 3.63) is 29.0 Å². The minimum absolute atomic E-state index is 0.547. The number of hydrogen-bond donors (Lipinski definition) is 0. The number of ether oxygens (including phenoxy) is 1. The second kappa shape index (κ2) is 6.33. The molecule has 0 N–H and O–H groups in total. The van der Waals surface area contributed by atoms with Crippen molar-refractivity contribution in [1.29, 1.82) is 0 Å². The Kier molecular flexibility index (Phi) is 3.99. The van der Waals surface area contributed by atoms with Gasteiger partial charge in [-0.2, -0.15) is 10.1 Å². The molecule has 0 atom stereocenters. The van der Waals surface area contributed by atoms with E-state index in [1.165, 1.54) is 12.8 Å². The van der Waals surface area contributed by atoms with Crippen molar-refractivity contribution in [3.8, 4) is 17.6 Å². The quantitative estimate of drug-likeness (QED) is 0.651. The van der Waals surface area contributed by atoms with Crippen LogP contribution in [0.25, 0.3) is 5.65 Å². The molecule has 134 valence electrons. The van der Waals surface area contributed by atoms with Crippen LogP contribution in [0, 0.1) is 25.7 Å². The van der Waals surface area contributed by atoms with Crippen LogP contribution in [0.1, 0.15) is 35.7 Å². The molecule has 8 nitrogen and oxygen atoms in total. The number of aromatic nitrogens is 6. The first-order chi connectivity index (χ1) is 12.6. The molecule has 4 heterocycles. The molecular weight excluding hydrogens is 330 g/mol. The lowest BCUT2D eigenvalue weighted by Crippen LogP contribution is -2.19. The number of hydrogen-bond acceptors (Lipinski definition) is 6. The zero-order valence-electron chi connectivity index (χ0n) is 15.4. The van der Waals surface area contributed by atoms with Crippen molar-refractivity contribution >= 4 is 11.6 Å². The van der Waals surface area contributed by atoms with E-state index in [9.17, 15) is 0 Å². The fraction of sp³-hybridized carbons (Fsp3) is 0.444. The standard InChI is InChI=1S/C18H21N7O/c1-12-13(2)25-17(19-12)11-15(26-4)14(21-25)7-8-16-20-18(22-23(16)3)24-9-5-6-10-24/h11H,5-6,9-10H2,1-4H3. The molecule has 0 amide bonds. The van der Waals surface area contributed by atoms with Crippen molar-refractivity contribution in [2.75, 3.05) is 25.1 Å². The van der Waals surface area contributed by atoms with Crippen molar-refractivity contribution in [2.24, 2.45) is 7.05 Å². The molecule has 1 aliphatic rings. The van der Waals surface area contributed by atoms with Crippen molar-refractivity contribution in [1.82, 2.24) is 29.4 Å². The minimum atomic E-state index is 0.547. The summed E-state index contributed by atoms with van der Waals surface area (Å²) in [4.78, 5) is 11.2. The third-order valence-corrected chi connectivity index (χ3v) is 4.69. The molecule has 8 heteroatoms. The third-order valence-electron chi connectivity index (χ3n) is 4.69. The fourth-order valence-corrected chi connectivity index (χ4v) is 3.07. The van der Waals surface area contributed by atoms with Crippen LogP contribution in [0.5, 0.6) is 5.75 Å². The van der Waals surface area contributed by atoms with E-state index in [-0.39, 0.29) is 0 Å². The number of aryl methyl sites for hydroxylation is 3. The average Bonchev–Trinajstić information content (AvgIpc) is 3.34. The molecule has 1 fully saturated rings. The van der Waals surface area contributed by atoms with Gasteiger partial charge in [-0.25, -0.2) is 14.2 Å². The molecule has 0 aliphatic carbocycles. The Bertz CT molecular complexity index is 1030. The van der Waals surface area contributed by atoms with Gasteiger partial charge in [-0.05, 0) is 38.5 Å². The number of rotatable bonds is 2. The Morgan fingerprint density at radius 2 is 1.85 bits per heavy atom. The molecule has 3 aromatic heterocycles. The van der Waals surface area contributed by atoms with Gasteiger partial charge in [0.1, 0.15) is 0 Å². The summed E-state index contributed by atoms with van der Waals surface area (Å²) in [6, 6.07) is 1.85. The Labute approximate surface area is 151 Å². The Morgan fingerprint density at radius 1 is 1.08 bits per heavy atom. The summed E-state index contributed by atoms with van der Waals surface area (Å²) in [5.74, 6) is 8.09. The highest BCUT2D eigenvalue weighted by atomic mass is 16.5. The molecule has 0 aromatic carbocycles. The Morgan fingerprint density at radius 3 is 2.58 bits per heavy atom. The van der Waals surface area contributed by atoms with Crippen molar-refractivity contribution in [2.45, 2.75) is 26.7 Å². The summed E-state index contributed by atoms with van der Waals surface area (Å²) in [5, 5.41) is 9.06. The SMILES string of the molecule is COc1cc2nc(C)c(C)n2nc1C#Cc1nc(N2CCCC2)nn1C. The van der Waals surface area contributed by atoms with Crippen LogP contribution in [-0.4, -0.2) is 49.6 Å². The molecule has 0 bridgehead atoms. The van der Waals surface area contributed by atoms with Crippen LogP contribution >= 0.6 is 0 Å². The summed E-state index contributed by atoms with van der Waals surface area (Å²) in [5.41, 5.74) is 3.22. The molecule has 3 aromatic rings. The van der Waals surface area contributed by atoms with Gasteiger partial charge in [0, 0.05) is 26.2 Å². The van der Waals surface area contributed by atoms with Gasteiger partial charge >= 0.3 is 0 Å². The lowest BCUT2D eigenvalue weighted by atomic mass is 10.3. The van der Waals surface area contributed by atoms with E-state index < -0.39 is 0 Å². The van der Waals surface area contributed by atoms with E-state index in [1.807, 2.05) is 27.0 Å². The van der Waals surface area contributed by atoms with Crippen LogP contribution in [0.3, 0.4) is 0 Å². The van der Waals surface area contributed by atoms with Gasteiger partial charge in [-0.3, -0.25) is 0 Å². The van der Waals surface area contributed by atoms with Gasteiger partial charge in [-0.15, -0.1) is 5.10 Å².